The average molecular weight is 346 g/mol. The molecule has 1 aromatic carbocycles. The Hall–Kier alpha value is -2.08. The Morgan fingerprint density at radius 3 is 2.44 bits per heavy atom. The Balaban J connectivity index is 1.65. The first-order chi connectivity index (χ1) is 11.8. The van der Waals surface area contributed by atoms with Gasteiger partial charge < -0.3 is 14.5 Å². The quantitative estimate of drug-likeness (QED) is 0.823. The number of ether oxygens (including phenoxy) is 1. The lowest BCUT2D eigenvalue weighted by atomic mass is 9.95. The molecular formula is C19H26N2O4. The summed E-state index contributed by atoms with van der Waals surface area (Å²) >= 11 is 0. The minimum Gasteiger partial charge on any atom is -0.444 e. The van der Waals surface area contributed by atoms with Crippen LogP contribution >= 0.6 is 0 Å². The van der Waals surface area contributed by atoms with E-state index in [1.54, 1.807) is 22.1 Å². The maximum absolute atomic E-state index is 12.5. The Morgan fingerprint density at radius 1 is 1.04 bits per heavy atom. The highest BCUT2D eigenvalue weighted by Gasteiger charge is 2.40. The molecule has 136 valence electrons. The molecule has 3 saturated heterocycles. The molecule has 0 spiro atoms. The van der Waals surface area contributed by atoms with Crippen LogP contribution in [-0.2, 0) is 9.57 Å². The van der Waals surface area contributed by atoms with Gasteiger partial charge in [-0.3, -0.25) is 0 Å². The molecule has 25 heavy (non-hydrogen) atoms. The largest absolute Gasteiger partial charge is 0.444 e. The van der Waals surface area contributed by atoms with Crippen LogP contribution < -0.4 is 0 Å². The molecule has 4 rings (SSSR count). The second-order valence-electron chi connectivity index (χ2n) is 7.82. The van der Waals surface area contributed by atoms with Crippen LogP contribution in [0.25, 0.3) is 0 Å². The summed E-state index contributed by atoms with van der Waals surface area (Å²) in [6.07, 6.45) is 1.66. The Bertz CT molecular complexity index is 626. The smallest absolute Gasteiger partial charge is 0.410 e. The first-order valence-electron chi connectivity index (χ1n) is 8.84. The van der Waals surface area contributed by atoms with Gasteiger partial charge in [0.05, 0.1) is 18.2 Å². The molecule has 0 saturated carbocycles. The number of carbonyl (C=O) groups is 2. The zero-order valence-corrected chi connectivity index (χ0v) is 15.1. The van der Waals surface area contributed by atoms with Gasteiger partial charge in [0.25, 0.3) is 0 Å². The molecule has 3 fully saturated rings. The third-order valence-electron chi connectivity index (χ3n) is 4.53. The van der Waals surface area contributed by atoms with Gasteiger partial charge in [-0.1, -0.05) is 18.2 Å². The number of hydrogen-bond acceptors (Lipinski definition) is 5. The van der Waals surface area contributed by atoms with E-state index in [-0.39, 0.29) is 24.0 Å². The molecular weight excluding hydrogens is 320 g/mol. The van der Waals surface area contributed by atoms with Gasteiger partial charge in [-0.25, -0.2) is 9.59 Å². The average Bonchev–Trinajstić information content (AvgIpc) is 2.84. The summed E-state index contributed by atoms with van der Waals surface area (Å²) in [5.74, 6) is -0.0689. The molecule has 0 radical (unpaired) electrons. The summed E-state index contributed by atoms with van der Waals surface area (Å²) in [6, 6.07) is 8.97. The van der Waals surface area contributed by atoms with Crippen molar-refractivity contribution in [1.29, 1.82) is 0 Å². The third-order valence-corrected chi connectivity index (χ3v) is 4.53. The van der Waals surface area contributed by atoms with Crippen LogP contribution in [0.1, 0.15) is 44.0 Å². The molecule has 2 atom stereocenters. The first-order valence-corrected chi connectivity index (χ1v) is 8.84. The highest BCUT2D eigenvalue weighted by atomic mass is 16.7. The van der Waals surface area contributed by atoms with E-state index in [4.69, 9.17) is 9.57 Å². The molecule has 2 bridgehead atoms. The molecule has 6 nitrogen and oxygen atoms in total. The predicted octanol–water partition coefficient (Wildman–Crippen LogP) is 3.09. The number of nitrogens with zero attached hydrogens (tertiary/aromatic N) is 2. The molecule has 3 heterocycles. The molecule has 1 amide bonds. The molecule has 3 aliphatic heterocycles. The molecule has 1 aromatic rings. The van der Waals surface area contributed by atoms with Gasteiger partial charge in [0, 0.05) is 13.1 Å². The van der Waals surface area contributed by atoms with Crippen molar-refractivity contribution in [1.82, 2.24) is 9.96 Å². The number of amides is 1. The molecule has 0 aliphatic carbocycles. The van der Waals surface area contributed by atoms with Crippen molar-refractivity contribution in [2.24, 2.45) is 5.92 Å². The molecule has 2 unspecified atom stereocenters. The van der Waals surface area contributed by atoms with Crippen molar-refractivity contribution in [2.45, 2.75) is 45.3 Å². The van der Waals surface area contributed by atoms with Crippen molar-refractivity contribution in [3.8, 4) is 0 Å². The number of carbonyl (C=O) groups excluding carboxylic acids is 2. The van der Waals surface area contributed by atoms with Crippen molar-refractivity contribution in [3.05, 3.63) is 35.9 Å². The standard InChI is InChI=1S/C19H26N2O4/c1-19(2,3)24-18(23)21-12-14-9-10-16(21)13-20(11-14)25-17(22)15-7-5-4-6-8-15/h4-8,14,16H,9-13H2,1-3H3. The van der Waals surface area contributed by atoms with E-state index in [2.05, 4.69) is 0 Å². The normalized spacial score (nSPS) is 23.9. The highest BCUT2D eigenvalue weighted by Crippen LogP contribution is 2.29. The van der Waals surface area contributed by atoms with Gasteiger partial charge in [0.1, 0.15) is 5.60 Å². The zero-order valence-electron chi connectivity index (χ0n) is 15.1. The molecule has 6 heteroatoms. The number of piperidine rings is 1. The maximum atomic E-state index is 12.5. The van der Waals surface area contributed by atoms with Crippen molar-refractivity contribution >= 4 is 12.1 Å². The highest BCUT2D eigenvalue weighted by molar-refractivity contribution is 5.89. The molecule has 0 N–H and O–H groups in total. The summed E-state index contributed by atoms with van der Waals surface area (Å²) in [6.45, 7) is 7.43. The van der Waals surface area contributed by atoms with Gasteiger partial charge in [-0.15, -0.1) is 5.06 Å². The number of hydrogen-bond donors (Lipinski definition) is 0. The third kappa shape index (κ3) is 4.51. The Kier molecular flexibility index (Phi) is 4.99. The van der Waals surface area contributed by atoms with Crippen LogP contribution in [0.3, 0.4) is 0 Å². The molecule has 0 aromatic heterocycles. The van der Waals surface area contributed by atoms with Crippen LogP contribution in [0.2, 0.25) is 0 Å². The van der Waals surface area contributed by atoms with Crippen LogP contribution in [-0.4, -0.2) is 53.3 Å². The minimum atomic E-state index is -0.512. The van der Waals surface area contributed by atoms with E-state index in [0.717, 1.165) is 12.8 Å². The lowest BCUT2D eigenvalue weighted by Gasteiger charge is -2.36. The van der Waals surface area contributed by atoms with Crippen LogP contribution in [0.4, 0.5) is 4.79 Å². The topological polar surface area (TPSA) is 59.1 Å². The van der Waals surface area contributed by atoms with E-state index in [9.17, 15) is 9.59 Å². The Morgan fingerprint density at radius 2 is 1.76 bits per heavy atom. The van der Waals surface area contributed by atoms with Crippen LogP contribution in [0.5, 0.6) is 0 Å². The van der Waals surface area contributed by atoms with Gasteiger partial charge in [-0.2, -0.15) is 0 Å². The summed E-state index contributed by atoms with van der Waals surface area (Å²) < 4.78 is 5.53. The van der Waals surface area contributed by atoms with Crippen molar-refractivity contribution < 1.29 is 19.2 Å². The van der Waals surface area contributed by atoms with E-state index in [1.807, 2.05) is 39.0 Å². The van der Waals surface area contributed by atoms with E-state index < -0.39 is 5.60 Å². The van der Waals surface area contributed by atoms with Gasteiger partial charge in [-0.05, 0) is 51.7 Å². The number of rotatable bonds is 2. The Labute approximate surface area is 148 Å². The lowest BCUT2D eigenvalue weighted by Crippen LogP contribution is -2.49. The van der Waals surface area contributed by atoms with Crippen molar-refractivity contribution in [2.75, 3.05) is 19.6 Å². The summed E-state index contributed by atoms with van der Waals surface area (Å²) in [5.41, 5.74) is 0.0188. The van der Waals surface area contributed by atoms with E-state index in [1.165, 1.54) is 0 Å². The summed E-state index contributed by atoms with van der Waals surface area (Å²) in [7, 11) is 0. The van der Waals surface area contributed by atoms with Gasteiger partial charge >= 0.3 is 12.1 Å². The molecule has 3 aliphatic rings. The fraction of sp³-hybridized carbons (Fsp3) is 0.579. The van der Waals surface area contributed by atoms with E-state index >= 15 is 0 Å². The second-order valence-corrected chi connectivity index (χ2v) is 7.82. The predicted molar refractivity (Wildman–Crippen MR) is 92.9 cm³/mol. The van der Waals surface area contributed by atoms with Crippen LogP contribution in [0, 0.1) is 5.92 Å². The fourth-order valence-electron chi connectivity index (χ4n) is 3.40. The summed E-state index contributed by atoms with van der Waals surface area (Å²) in [4.78, 5) is 32.2. The van der Waals surface area contributed by atoms with Gasteiger partial charge in [0.15, 0.2) is 0 Å². The SMILES string of the molecule is CC(C)(C)OC(=O)N1CC2CCC1CN(OC(=O)c1ccccc1)C2. The number of benzene rings is 1. The lowest BCUT2D eigenvalue weighted by molar-refractivity contribution is -0.113. The zero-order chi connectivity index (χ0) is 18.0. The van der Waals surface area contributed by atoms with Crippen LogP contribution in [0.15, 0.2) is 30.3 Å². The maximum Gasteiger partial charge on any atom is 0.410 e. The second kappa shape index (κ2) is 7.04. The monoisotopic (exact) mass is 346 g/mol. The summed E-state index contributed by atoms with van der Waals surface area (Å²) in [5, 5.41) is 1.71. The number of hydroxylamine groups is 2. The van der Waals surface area contributed by atoms with E-state index in [0.29, 0.717) is 25.2 Å². The first kappa shape index (κ1) is 17.7. The van der Waals surface area contributed by atoms with Gasteiger partial charge in [0.2, 0.25) is 0 Å². The van der Waals surface area contributed by atoms with Crippen molar-refractivity contribution in [3.63, 3.8) is 0 Å². The number of fused-ring (bicyclic) bond motifs is 4. The fourth-order valence-corrected chi connectivity index (χ4v) is 3.40. The minimum absolute atomic E-state index is 0.0113.